The van der Waals surface area contributed by atoms with Crippen LogP contribution in [0.4, 0.5) is 0 Å². The molecule has 0 fully saturated rings. The Hall–Kier alpha value is -1.31. The molecule has 0 atom stereocenters. The van der Waals surface area contributed by atoms with Crippen LogP contribution in [0.25, 0.3) is 0 Å². The monoisotopic (exact) mass is 206 g/mol. The van der Waals surface area contributed by atoms with E-state index in [2.05, 4.69) is 6.07 Å². The standard InChI is InChI=1S/C13H18O2/c1-3-15-13-9-5-8-12(10-13)7-4-6-11(2)14/h5,8-10H,3-4,6-7H2,1-2H3. The minimum absolute atomic E-state index is 0.260. The van der Waals surface area contributed by atoms with E-state index in [1.165, 1.54) is 5.56 Å². The summed E-state index contributed by atoms with van der Waals surface area (Å²) in [5.41, 5.74) is 1.24. The largest absolute Gasteiger partial charge is 0.494 e. The summed E-state index contributed by atoms with van der Waals surface area (Å²) in [6, 6.07) is 8.07. The van der Waals surface area contributed by atoms with Crippen molar-refractivity contribution in [2.45, 2.75) is 33.1 Å². The summed E-state index contributed by atoms with van der Waals surface area (Å²) in [6.07, 6.45) is 2.53. The summed E-state index contributed by atoms with van der Waals surface area (Å²) in [5.74, 6) is 1.17. The summed E-state index contributed by atoms with van der Waals surface area (Å²) in [6.45, 7) is 4.30. The van der Waals surface area contributed by atoms with E-state index in [9.17, 15) is 4.79 Å². The van der Waals surface area contributed by atoms with E-state index in [4.69, 9.17) is 4.74 Å². The number of carbonyl (C=O) groups excluding carboxylic acids is 1. The zero-order chi connectivity index (χ0) is 11.1. The SMILES string of the molecule is CCOc1cccc(CCCC(C)=O)c1. The van der Waals surface area contributed by atoms with Crippen LogP contribution in [0.2, 0.25) is 0 Å². The molecule has 0 aliphatic carbocycles. The van der Waals surface area contributed by atoms with Crippen LogP contribution < -0.4 is 4.74 Å². The molecule has 15 heavy (non-hydrogen) atoms. The van der Waals surface area contributed by atoms with E-state index in [0.29, 0.717) is 13.0 Å². The summed E-state index contributed by atoms with van der Waals surface area (Å²) < 4.78 is 5.41. The number of ketones is 1. The van der Waals surface area contributed by atoms with Crippen molar-refractivity contribution >= 4 is 5.78 Å². The molecule has 0 radical (unpaired) electrons. The van der Waals surface area contributed by atoms with Crippen molar-refractivity contribution in [2.75, 3.05) is 6.61 Å². The van der Waals surface area contributed by atoms with Crippen molar-refractivity contribution < 1.29 is 9.53 Å². The van der Waals surface area contributed by atoms with Gasteiger partial charge in [-0.2, -0.15) is 0 Å². The minimum Gasteiger partial charge on any atom is -0.494 e. The summed E-state index contributed by atoms with van der Waals surface area (Å²) in [4.78, 5) is 10.8. The molecule has 0 spiro atoms. The molecular weight excluding hydrogens is 188 g/mol. The third-order valence-corrected chi connectivity index (χ3v) is 2.20. The molecule has 0 N–H and O–H groups in total. The minimum atomic E-state index is 0.260. The van der Waals surface area contributed by atoms with E-state index in [0.717, 1.165) is 18.6 Å². The van der Waals surface area contributed by atoms with Gasteiger partial charge in [-0.05, 0) is 44.4 Å². The Kier molecular flexibility index (Phi) is 4.88. The van der Waals surface area contributed by atoms with Crippen LogP contribution in [0.5, 0.6) is 5.75 Å². The number of hydrogen-bond acceptors (Lipinski definition) is 2. The number of Topliss-reactive ketones (excluding diaryl/α,β-unsaturated/α-hetero) is 1. The Bertz CT molecular complexity index is 318. The smallest absolute Gasteiger partial charge is 0.129 e. The number of carbonyl (C=O) groups is 1. The van der Waals surface area contributed by atoms with E-state index >= 15 is 0 Å². The van der Waals surface area contributed by atoms with Crippen molar-refractivity contribution in [3.63, 3.8) is 0 Å². The van der Waals surface area contributed by atoms with Gasteiger partial charge in [-0.25, -0.2) is 0 Å². The number of aryl methyl sites for hydroxylation is 1. The first-order chi connectivity index (χ1) is 7.22. The lowest BCUT2D eigenvalue weighted by Crippen LogP contribution is -1.94. The van der Waals surface area contributed by atoms with E-state index in [1.807, 2.05) is 25.1 Å². The zero-order valence-electron chi connectivity index (χ0n) is 9.45. The van der Waals surface area contributed by atoms with Gasteiger partial charge in [-0.15, -0.1) is 0 Å². The van der Waals surface area contributed by atoms with Gasteiger partial charge < -0.3 is 9.53 Å². The molecule has 0 saturated carbocycles. The zero-order valence-corrected chi connectivity index (χ0v) is 9.45. The normalized spacial score (nSPS) is 10.0. The van der Waals surface area contributed by atoms with Gasteiger partial charge in [0.05, 0.1) is 6.61 Å². The fourth-order valence-corrected chi connectivity index (χ4v) is 1.50. The van der Waals surface area contributed by atoms with E-state index in [1.54, 1.807) is 6.92 Å². The second-order valence-corrected chi connectivity index (χ2v) is 3.64. The Morgan fingerprint density at radius 1 is 1.40 bits per heavy atom. The maximum absolute atomic E-state index is 10.8. The van der Waals surface area contributed by atoms with Gasteiger partial charge in [0.15, 0.2) is 0 Å². The third-order valence-electron chi connectivity index (χ3n) is 2.20. The number of hydrogen-bond donors (Lipinski definition) is 0. The first-order valence-electron chi connectivity index (χ1n) is 5.43. The predicted molar refractivity (Wildman–Crippen MR) is 61.2 cm³/mol. The summed E-state index contributed by atoms with van der Waals surface area (Å²) >= 11 is 0. The highest BCUT2D eigenvalue weighted by molar-refractivity contribution is 5.75. The van der Waals surface area contributed by atoms with E-state index in [-0.39, 0.29) is 5.78 Å². The van der Waals surface area contributed by atoms with Gasteiger partial charge in [-0.3, -0.25) is 0 Å². The second kappa shape index (κ2) is 6.23. The lowest BCUT2D eigenvalue weighted by molar-refractivity contribution is -0.117. The van der Waals surface area contributed by atoms with Crippen molar-refractivity contribution in [1.82, 2.24) is 0 Å². The maximum Gasteiger partial charge on any atom is 0.129 e. The lowest BCUT2D eigenvalue weighted by atomic mass is 10.1. The highest BCUT2D eigenvalue weighted by Crippen LogP contribution is 2.15. The van der Waals surface area contributed by atoms with Crippen molar-refractivity contribution in [3.05, 3.63) is 29.8 Å². The van der Waals surface area contributed by atoms with Gasteiger partial charge in [0.1, 0.15) is 11.5 Å². The van der Waals surface area contributed by atoms with Crippen molar-refractivity contribution in [1.29, 1.82) is 0 Å². The van der Waals surface area contributed by atoms with Gasteiger partial charge >= 0.3 is 0 Å². The average Bonchev–Trinajstić information content (AvgIpc) is 2.18. The third kappa shape index (κ3) is 4.63. The molecule has 0 aliphatic heterocycles. The fourth-order valence-electron chi connectivity index (χ4n) is 1.50. The topological polar surface area (TPSA) is 26.3 Å². The maximum atomic E-state index is 10.8. The van der Waals surface area contributed by atoms with Crippen LogP contribution in [-0.2, 0) is 11.2 Å². The molecule has 2 nitrogen and oxygen atoms in total. The van der Waals surface area contributed by atoms with Crippen LogP contribution >= 0.6 is 0 Å². The van der Waals surface area contributed by atoms with Crippen molar-refractivity contribution in [3.8, 4) is 5.75 Å². The van der Waals surface area contributed by atoms with Gasteiger partial charge in [0.2, 0.25) is 0 Å². The summed E-state index contributed by atoms with van der Waals surface area (Å²) in [5, 5.41) is 0. The molecule has 0 heterocycles. The average molecular weight is 206 g/mol. The molecule has 2 heteroatoms. The molecule has 0 unspecified atom stereocenters. The molecule has 1 aromatic carbocycles. The second-order valence-electron chi connectivity index (χ2n) is 3.64. The molecule has 0 aromatic heterocycles. The number of rotatable bonds is 6. The first-order valence-corrected chi connectivity index (χ1v) is 5.43. The Labute approximate surface area is 91.3 Å². The Morgan fingerprint density at radius 2 is 2.20 bits per heavy atom. The van der Waals surface area contributed by atoms with Gasteiger partial charge in [0.25, 0.3) is 0 Å². The summed E-state index contributed by atoms with van der Waals surface area (Å²) in [7, 11) is 0. The Balaban J connectivity index is 2.46. The Morgan fingerprint density at radius 3 is 2.87 bits per heavy atom. The van der Waals surface area contributed by atoms with Gasteiger partial charge in [0, 0.05) is 6.42 Å². The molecule has 1 aromatic rings. The molecule has 0 saturated heterocycles. The van der Waals surface area contributed by atoms with Crippen molar-refractivity contribution in [2.24, 2.45) is 0 Å². The lowest BCUT2D eigenvalue weighted by Gasteiger charge is -2.05. The van der Waals surface area contributed by atoms with Crippen LogP contribution in [0.1, 0.15) is 32.3 Å². The predicted octanol–water partition coefficient (Wildman–Crippen LogP) is 3.00. The molecule has 0 amide bonds. The molecular formula is C13H18O2. The first kappa shape index (κ1) is 11.8. The molecule has 1 rings (SSSR count). The molecule has 0 bridgehead atoms. The highest BCUT2D eigenvalue weighted by atomic mass is 16.5. The van der Waals surface area contributed by atoms with Crippen LogP contribution in [0.3, 0.4) is 0 Å². The van der Waals surface area contributed by atoms with E-state index < -0.39 is 0 Å². The molecule has 82 valence electrons. The quantitative estimate of drug-likeness (QED) is 0.715. The fraction of sp³-hybridized carbons (Fsp3) is 0.462. The number of ether oxygens (including phenoxy) is 1. The van der Waals surface area contributed by atoms with Crippen LogP contribution in [-0.4, -0.2) is 12.4 Å². The van der Waals surface area contributed by atoms with Crippen LogP contribution in [0.15, 0.2) is 24.3 Å². The number of benzene rings is 1. The highest BCUT2D eigenvalue weighted by Gasteiger charge is 1.98. The van der Waals surface area contributed by atoms with Crippen LogP contribution in [0, 0.1) is 0 Å². The molecule has 0 aliphatic rings. The van der Waals surface area contributed by atoms with Gasteiger partial charge in [-0.1, -0.05) is 12.1 Å².